The number of benzene rings is 8. The summed E-state index contributed by atoms with van der Waals surface area (Å²) in [4.78, 5) is 0. The van der Waals surface area contributed by atoms with E-state index < -0.39 is 0 Å². The molecule has 0 bridgehead atoms. The number of nitrogens with zero attached hydrogens (tertiary/aromatic N) is 2. The summed E-state index contributed by atoms with van der Waals surface area (Å²) in [5.74, 6) is 0. The van der Waals surface area contributed by atoms with Crippen molar-refractivity contribution in [3.05, 3.63) is 182 Å². The molecule has 11 aromatic rings. The molecule has 0 atom stereocenters. The Morgan fingerprint density at radius 2 is 0.588 bits per heavy atom. The lowest BCUT2D eigenvalue weighted by atomic mass is 10.00. The standard InChI is InChI=1S/C48H30N2O/c1-5-13-43-37(9-1)38-10-2-6-14-44(38)49(43)35-23-17-31(18-24-35)33-21-27-47-41(29-33)42-30-34(22-28-48(42)51-47)32-19-25-36(26-20-32)50-45-15-7-3-11-39(45)40-12-4-8-16-46(40)50/h1-30H. The van der Waals surface area contributed by atoms with Gasteiger partial charge in [-0.2, -0.15) is 0 Å². The lowest BCUT2D eigenvalue weighted by Gasteiger charge is -2.10. The van der Waals surface area contributed by atoms with Gasteiger partial charge in [-0.25, -0.2) is 0 Å². The first-order valence-electron chi connectivity index (χ1n) is 17.4. The first kappa shape index (κ1) is 28.0. The smallest absolute Gasteiger partial charge is 0.135 e. The van der Waals surface area contributed by atoms with Crippen LogP contribution in [0.3, 0.4) is 0 Å². The quantitative estimate of drug-likeness (QED) is 0.186. The molecule has 3 heterocycles. The number of para-hydroxylation sites is 4. The number of hydrogen-bond donors (Lipinski definition) is 0. The highest BCUT2D eigenvalue weighted by atomic mass is 16.3. The maximum absolute atomic E-state index is 6.33. The van der Waals surface area contributed by atoms with Gasteiger partial charge < -0.3 is 13.6 Å². The Morgan fingerprint density at radius 3 is 0.941 bits per heavy atom. The molecular formula is C48H30N2O. The minimum atomic E-state index is 0.898. The number of hydrogen-bond acceptors (Lipinski definition) is 1. The third-order valence-corrected chi connectivity index (χ3v) is 10.5. The van der Waals surface area contributed by atoms with Crippen LogP contribution in [0, 0.1) is 0 Å². The van der Waals surface area contributed by atoms with Gasteiger partial charge >= 0.3 is 0 Å². The molecule has 0 saturated heterocycles. The first-order valence-corrected chi connectivity index (χ1v) is 17.4. The number of rotatable bonds is 4. The third kappa shape index (κ3) is 4.25. The van der Waals surface area contributed by atoms with Crippen molar-refractivity contribution in [2.75, 3.05) is 0 Å². The zero-order chi connectivity index (χ0) is 33.5. The van der Waals surface area contributed by atoms with Crippen LogP contribution < -0.4 is 0 Å². The van der Waals surface area contributed by atoms with Crippen LogP contribution >= 0.6 is 0 Å². The molecule has 0 aliphatic carbocycles. The van der Waals surface area contributed by atoms with E-state index in [4.69, 9.17) is 4.42 Å². The van der Waals surface area contributed by atoms with Gasteiger partial charge in [0.05, 0.1) is 22.1 Å². The van der Waals surface area contributed by atoms with Gasteiger partial charge in [0.2, 0.25) is 0 Å². The minimum Gasteiger partial charge on any atom is -0.456 e. The van der Waals surface area contributed by atoms with Crippen LogP contribution in [0.5, 0.6) is 0 Å². The van der Waals surface area contributed by atoms with Gasteiger partial charge in [-0.1, -0.05) is 109 Å². The Balaban J connectivity index is 0.958. The molecule has 0 aliphatic rings. The van der Waals surface area contributed by atoms with Crippen LogP contribution in [0.1, 0.15) is 0 Å². The van der Waals surface area contributed by atoms with Gasteiger partial charge in [-0.05, 0) is 95.1 Å². The summed E-state index contributed by atoms with van der Waals surface area (Å²) in [7, 11) is 0. The zero-order valence-electron chi connectivity index (χ0n) is 27.6. The number of fused-ring (bicyclic) bond motifs is 9. The fraction of sp³-hybridized carbons (Fsp3) is 0. The maximum atomic E-state index is 6.33. The second-order valence-corrected chi connectivity index (χ2v) is 13.4. The topological polar surface area (TPSA) is 23.0 Å². The Hall–Kier alpha value is -6.84. The Kier molecular flexibility index (Phi) is 5.96. The van der Waals surface area contributed by atoms with E-state index in [1.807, 2.05) is 0 Å². The first-order chi connectivity index (χ1) is 25.3. The molecule has 0 unspecified atom stereocenters. The van der Waals surface area contributed by atoms with E-state index in [1.54, 1.807) is 0 Å². The second-order valence-electron chi connectivity index (χ2n) is 13.4. The molecule has 238 valence electrons. The van der Waals surface area contributed by atoms with Crippen LogP contribution in [0.2, 0.25) is 0 Å². The van der Waals surface area contributed by atoms with Crippen LogP contribution in [-0.4, -0.2) is 9.13 Å². The lowest BCUT2D eigenvalue weighted by Crippen LogP contribution is -1.93. The van der Waals surface area contributed by atoms with Gasteiger partial charge in [0.15, 0.2) is 0 Å². The van der Waals surface area contributed by atoms with E-state index in [9.17, 15) is 0 Å². The molecule has 3 nitrogen and oxygen atoms in total. The summed E-state index contributed by atoms with van der Waals surface area (Å²) in [5, 5.41) is 7.33. The predicted molar refractivity (Wildman–Crippen MR) is 213 cm³/mol. The van der Waals surface area contributed by atoms with Crippen LogP contribution in [0.25, 0.3) is 99.2 Å². The average Bonchev–Trinajstić information content (AvgIpc) is 3.85. The van der Waals surface area contributed by atoms with E-state index >= 15 is 0 Å². The third-order valence-electron chi connectivity index (χ3n) is 10.5. The van der Waals surface area contributed by atoms with Gasteiger partial charge in [-0.15, -0.1) is 0 Å². The monoisotopic (exact) mass is 650 g/mol. The highest BCUT2D eigenvalue weighted by Gasteiger charge is 2.15. The minimum absolute atomic E-state index is 0.898. The van der Waals surface area contributed by atoms with Gasteiger partial charge in [0, 0.05) is 43.7 Å². The van der Waals surface area contributed by atoms with Crippen molar-refractivity contribution in [3.8, 4) is 33.6 Å². The fourth-order valence-electron chi connectivity index (χ4n) is 8.14. The number of aromatic nitrogens is 2. The van der Waals surface area contributed by atoms with Crippen LogP contribution in [0.15, 0.2) is 186 Å². The predicted octanol–water partition coefficient (Wildman–Crippen LogP) is 13.1. The van der Waals surface area contributed by atoms with Gasteiger partial charge in [0.25, 0.3) is 0 Å². The molecule has 0 N–H and O–H groups in total. The molecule has 3 heteroatoms. The molecular weight excluding hydrogens is 621 g/mol. The summed E-state index contributed by atoms with van der Waals surface area (Å²) < 4.78 is 11.0. The molecule has 0 fully saturated rings. The molecule has 8 aromatic carbocycles. The summed E-state index contributed by atoms with van der Waals surface area (Å²) in [6.45, 7) is 0. The average molecular weight is 651 g/mol. The van der Waals surface area contributed by atoms with Crippen molar-refractivity contribution in [1.82, 2.24) is 9.13 Å². The SMILES string of the molecule is c1ccc2c(c1)c1ccccc1n2-c1ccc(-c2ccc3oc4ccc(-c5ccc(-n6c7ccccc7c7ccccc76)cc5)cc4c3c2)cc1. The van der Waals surface area contributed by atoms with E-state index in [1.165, 1.54) is 65.9 Å². The van der Waals surface area contributed by atoms with E-state index in [0.29, 0.717) is 0 Å². The lowest BCUT2D eigenvalue weighted by molar-refractivity contribution is 0.669. The van der Waals surface area contributed by atoms with E-state index in [0.717, 1.165) is 33.3 Å². The van der Waals surface area contributed by atoms with Crippen molar-refractivity contribution in [2.24, 2.45) is 0 Å². The molecule has 11 rings (SSSR count). The Labute approximate surface area is 293 Å². The largest absolute Gasteiger partial charge is 0.456 e. The van der Waals surface area contributed by atoms with Crippen molar-refractivity contribution in [2.45, 2.75) is 0 Å². The number of furan rings is 1. The Bertz CT molecular complexity index is 2800. The van der Waals surface area contributed by atoms with E-state index in [-0.39, 0.29) is 0 Å². The summed E-state index contributed by atoms with van der Waals surface area (Å²) >= 11 is 0. The molecule has 0 radical (unpaired) electrons. The fourth-order valence-corrected chi connectivity index (χ4v) is 8.14. The molecule has 0 saturated carbocycles. The molecule has 0 aliphatic heterocycles. The molecule has 51 heavy (non-hydrogen) atoms. The summed E-state index contributed by atoms with van der Waals surface area (Å²) in [6, 6.07) is 65.5. The van der Waals surface area contributed by atoms with Crippen molar-refractivity contribution in [3.63, 3.8) is 0 Å². The van der Waals surface area contributed by atoms with Crippen molar-refractivity contribution >= 4 is 65.6 Å². The van der Waals surface area contributed by atoms with E-state index in [2.05, 4.69) is 191 Å². The van der Waals surface area contributed by atoms with Gasteiger partial charge in [0.1, 0.15) is 11.2 Å². The normalized spacial score (nSPS) is 11.9. The van der Waals surface area contributed by atoms with Gasteiger partial charge in [-0.3, -0.25) is 0 Å². The van der Waals surface area contributed by atoms with Crippen LogP contribution in [-0.2, 0) is 0 Å². The zero-order valence-corrected chi connectivity index (χ0v) is 27.6. The highest BCUT2D eigenvalue weighted by molar-refractivity contribution is 6.11. The summed E-state index contributed by atoms with van der Waals surface area (Å²) in [5.41, 5.74) is 13.7. The van der Waals surface area contributed by atoms with Crippen LogP contribution in [0.4, 0.5) is 0 Å². The maximum Gasteiger partial charge on any atom is 0.135 e. The van der Waals surface area contributed by atoms with Crippen molar-refractivity contribution < 1.29 is 4.42 Å². The molecule has 0 amide bonds. The molecule has 0 spiro atoms. The summed E-state index contributed by atoms with van der Waals surface area (Å²) in [6.07, 6.45) is 0. The van der Waals surface area contributed by atoms with Crippen molar-refractivity contribution in [1.29, 1.82) is 0 Å². The highest BCUT2D eigenvalue weighted by Crippen LogP contribution is 2.37. The molecule has 3 aromatic heterocycles. The second kappa shape index (κ2) is 10.8. The Morgan fingerprint density at radius 1 is 0.275 bits per heavy atom.